The third-order valence-electron chi connectivity index (χ3n) is 12.2. The van der Waals surface area contributed by atoms with Crippen LogP contribution < -0.4 is 5.32 Å². The Morgan fingerprint density at radius 3 is 1.30 bits per heavy atom. The molecular weight excluding hydrogens is 755 g/mol. The van der Waals surface area contributed by atoms with Crippen LogP contribution in [-0.2, 0) is 14.3 Å². The first-order chi connectivity index (χ1) is 30.0. The monoisotopic (exact) mass is 858 g/mol. The van der Waals surface area contributed by atoms with Crippen LogP contribution in [0.3, 0.4) is 0 Å². The van der Waals surface area contributed by atoms with E-state index in [1.54, 1.807) is 0 Å². The van der Waals surface area contributed by atoms with Gasteiger partial charge in [0.2, 0.25) is 5.91 Å². The number of nitrogens with one attached hydrogen (secondary N) is 1. The number of allylic oxidation sites excluding steroid dienone is 6. The summed E-state index contributed by atoms with van der Waals surface area (Å²) in [6, 6.07) is -0.700. The number of unbranched alkanes of at least 4 members (excludes halogenated alkanes) is 30. The highest BCUT2D eigenvalue weighted by molar-refractivity contribution is 5.77. The molecule has 6 nitrogen and oxygen atoms in total. The molecule has 0 saturated heterocycles. The van der Waals surface area contributed by atoms with Gasteiger partial charge in [-0.1, -0.05) is 237 Å². The Morgan fingerprint density at radius 1 is 0.475 bits per heavy atom. The van der Waals surface area contributed by atoms with Crippen molar-refractivity contribution in [3.8, 4) is 0 Å². The van der Waals surface area contributed by atoms with E-state index in [2.05, 4.69) is 62.5 Å². The van der Waals surface area contributed by atoms with E-state index in [0.29, 0.717) is 19.3 Å². The van der Waals surface area contributed by atoms with Gasteiger partial charge in [-0.15, -0.1) is 0 Å². The summed E-state index contributed by atoms with van der Waals surface area (Å²) in [6.45, 7) is 6.46. The lowest BCUT2D eigenvalue weighted by atomic mass is 10.0. The molecule has 3 unspecified atom stereocenters. The van der Waals surface area contributed by atoms with Crippen molar-refractivity contribution < 1.29 is 24.5 Å². The molecule has 3 N–H and O–H groups in total. The van der Waals surface area contributed by atoms with Crippen LogP contribution in [-0.4, -0.2) is 46.9 Å². The minimum Gasteiger partial charge on any atom is -0.462 e. The maximum Gasteiger partial charge on any atom is 0.306 e. The van der Waals surface area contributed by atoms with Crippen LogP contribution >= 0.6 is 0 Å². The van der Waals surface area contributed by atoms with Gasteiger partial charge in [0.25, 0.3) is 0 Å². The van der Waals surface area contributed by atoms with Crippen molar-refractivity contribution in [3.05, 3.63) is 36.5 Å². The van der Waals surface area contributed by atoms with Gasteiger partial charge in [0, 0.05) is 6.42 Å². The molecule has 0 fully saturated rings. The molecule has 0 bridgehead atoms. The van der Waals surface area contributed by atoms with Gasteiger partial charge in [0.15, 0.2) is 0 Å². The van der Waals surface area contributed by atoms with Crippen LogP contribution in [0.5, 0.6) is 0 Å². The molecule has 61 heavy (non-hydrogen) atoms. The van der Waals surface area contributed by atoms with Crippen molar-refractivity contribution in [1.29, 1.82) is 0 Å². The van der Waals surface area contributed by atoms with Crippen molar-refractivity contribution in [2.24, 2.45) is 0 Å². The maximum absolute atomic E-state index is 13.2. The standard InChI is InChI=1S/C55H103NO5/c1-4-7-10-13-16-19-22-24-25-26-27-28-29-31-33-36-39-42-45-48-55(60)61-51(46-43-40-37-34-32-30-23-20-17-14-11-8-5-2)49-54(59)56-52(50-57)53(58)47-44-41-38-35-21-18-15-12-9-6-3/h16,19,24-25,27-28,51-53,57-58H,4-15,17-18,20-23,26,29-50H2,1-3H3,(H,56,59)/b19-16-,25-24-,28-27-. The molecule has 3 atom stereocenters. The zero-order valence-electron chi connectivity index (χ0n) is 40.8. The van der Waals surface area contributed by atoms with E-state index in [9.17, 15) is 19.8 Å². The first kappa shape index (κ1) is 59.1. The topological polar surface area (TPSA) is 95.9 Å². The van der Waals surface area contributed by atoms with E-state index in [-0.39, 0.29) is 24.9 Å². The summed E-state index contributed by atoms with van der Waals surface area (Å²) in [5.74, 6) is -0.477. The second kappa shape index (κ2) is 49.1. The summed E-state index contributed by atoms with van der Waals surface area (Å²) < 4.78 is 5.94. The Kier molecular flexibility index (Phi) is 47.6. The highest BCUT2D eigenvalue weighted by Crippen LogP contribution is 2.18. The molecule has 0 heterocycles. The van der Waals surface area contributed by atoms with Crippen LogP contribution in [0.1, 0.15) is 278 Å². The molecule has 1 amide bonds. The summed E-state index contributed by atoms with van der Waals surface area (Å²) in [4.78, 5) is 26.2. The summed E-state index contributed by atoms with van der Waals surface area (Å²) >= 11 is 0. The summed E-state index contributed by atoms with van der Waals surface area (Å²) in [7, 11) is 0. The van der Waals surface area contributed by atoms with E-state index in [1.807, 2.05) is 0 Å². The van der Waals surface area contributed by atoms with Crippen LogP contribution in [0.4, 0.5) is 0 Å². The maximum atomic E-state index is 13.2. The van der Waals surface area contributed by atoms with Gasteiger partial charge in [0.1, 0.15) is 6.10 Å². The SMILES string of the molecule is CCCCC/C=C\C/C=C\C/C=C\CCCCCCCCC(=O)OC(CCCCCCCCCCCCCCC)CC(=O)NC(CO)C(O)CCCCCCCCCCCC. The Morgan fingerprint density at radius 2 is 0.836 bits per heavy atom. The molecule has 0 radical (unpaired) electrons. The van der Waals surface area contributed by atoms with Gasteiger partial charge < -0.3 is 20.3 Å². The fraction of sp³-hybridized carbons (Fsp3) is 0.855. The second-order valence-electron chi connectivity index (χ2n) is 18.3. The molecule has 0 rings (SSSR count). The first-order valence-corrected chi connectivity index (χ1v) is 26.7. The van der Waals surface area contributed by atoms with Crippen LogP contribution in [0, 0.1) is 0 Å². The van der Waals surface area contributed by atoms with Gasteiger partial charge in [-0.25, -0.2) is 0 Å². The van der Waals surface area contributed by atoms with Gasteiger partial charge in [-0.2, -0.15) is 0 Å². The largest absolute Gasteiger partial charge is 0.462 e. The smallest absolute Gasteiger partial charge is 0.306 e. The van der Waals surface area contributed by atoms with Crippen molar-refractivity contribution in [2.75, 3.05) is 6.61 Å². The molecule has 0 aromatic carbocycles. The Hall–Kier alpha value is -1.92. The lowest BCUT2D eigenvalue weighted by molar-refractivity contribution is -0.151. The predicted molar refractivity (Wildman–Crippen MR) is 264 cm³/mol. The fourth-order valence-corrected chi connectivity index (χ4v) is 8.14. The number of hydrogen-bond acceptors (Lipinski definition) is 5. The average molecular weight is 858 g/mol. The molecule has 0 aliphatic heterocycles. The highest BCUT2D eigenvalue weighted by Gasteiger charge is 2.24. The molecule has 6 heteroatoms. The van der Waals surface area contributed by atoms with Crippen LogP contribution in [0.25, 0.3) is 0 Å². The average Bonchev–Trinajstić information content (AvgIpc) is 3.25. The van der Waals surface area contributed by atoms with Gasteiger partial charge in [-0.3, -0.25) is 9.59 Å². The number of carbonyl (C=O) groups is 2. The second-order valence-corrected chi connectivity index (χ2v) is 18.3. The zero-order chi connectivity index (χ0) is 44.5. The molecule has 0 aliphatic carbocycles. The van der Waals surface area contributed by atoms with E-state index in [0.717, 1.165) is 70.6 Å². The third kappa shape index (κ3) is 44.5. The Bertz CT molecular complexity index is 1010. The van der Waals surface area contributed by atoms with E-state index in [4.69, 9.17) is 4.74 Å². The van der Waals surface area contributed by atoms with E-state index < -0.39 is 18.2 Å². The molecule has 358 valence electrons. The molecule has 0 saturated carbocycles. The van der Waals surface area contributed by atoms with E-state index >= 15 is 0 Å². The molecule has 0 spiro atoms. The van der Waals surface area contributed by atoms with Crippen molar-refractivity contribution in [3.63, 3.8) is 0 Å². The van der Waals surface area contributed by atoms with E-state index in [1.165, 1.54) is 161 Å². The Labute approximate surface area is 379 Å². The predicted octanol–water partition coefficient (Wildman–Crippen LogP) is 16.1. The number of rotatable bonds is 48. The Balaban J connectivity index is 4.53. The minimum atomic E-state index is -0.786. The van der Waals surface area contributed by atoms with Crippen molar-refractivity contribution in [2.45, 2.75) is 296 Å². The number of aliphatic hydroxyl groups is 2. The molecule has 0 aromatic heterocycles. The summed E-state index contributed by atoms with van der Waals surface area (Å²) in [5, 5.41) is 23.7. The van der Waals surface area contributed by atoms with Gasteiger partial charge in [-0.05, 0) is 64.2 Å². The number of amides is 1. The normalized spacial score (nSPS) is 13.5. The quantitative estimate of drug-likeness (QED) is 0.0322. The number of esters is 1. The summed E-state index contributed by atoms with van der Waals surface area (Å²) in [5.41, 5.74) is 0. The fourth-order valence-electron chi connectivity index (χ4n) is 8.14. The number of hydrogen-bond donors (Lipinski definition) is 3. The third-order valence-corrected chi connectivity index (χ3v) is 12.2. The number of ether oxygens (including phenoxy) is 1. The van der Waals surface area contributed by atoms with Crippen molar-refractivity contribution >= 4 is 11.9 Å². The minimum absolute atomic E-state index is 0.0761. The molecule has 0 aromatic rings. The van der Waals surface area contributed by atoms with Crippen LogP contribution in [0.15, 0.2) is 36.5 Å². The molecular formula is C55H103NO5. The van der Waals surface area contributed by atoms with Gasteiger partial charge in [0.05, 0.1) is 25.2 Å². The van der Waals surface area contributed by atoms with Crippen LogP contribution in [0.2, 0.25) is 0 Å². The first-order valence-electron chi connectivity index (χ1n) is 26.7. The number of aliphatic hydroxyl groups excluding tert-OH is 2. The molecule has 0 aliphatic rings. The summed E-state index contributed by atoms with van der Waals surface area (Å²) in [6.07, 6.45) is 57.7. The zero-order valence-corrected chi connectivity index (χ0v) is 40.8. The highest BCUT2D eigenvalue weighted by atomic mass is 16.5. The number of carbonyl (C=O) groups excluding carboxylic acids is 2. The lowest BCUT2D eigenvalue weighted by Gasteiger charge is -2.24. The van der Waals surface area contributed by atoms with Gasteiger partial charge >= 0.3 is 5.97 Å². The van der Waals surface area contributed by atoms with Crippen molar-refractivity contribution in [1.82, 2.24) is 5.32 Å². The lowest BCUT2D eigenvalue weighted by Crippen LogP contribution is -2.46.